The maximum atomic E-state index is 13.2. The van der Waals surface area contributed by atoms with Crippen LogP contribution in [-0.4, -0.2) is 50.6 Å². The zero-order valence-electron chi connectivity index (χ0n) is 16.0. The lowest BCUT2D eigenvalue weighted by Crippen LogP contribution is -2.77. The normalized spacial score (nSPS) is 55.2. The maximum Gasteiger partial charge on any atom is 0.142 e. The largest absolute Gasteiger partial charge is 0.393 e. The lowest BCUT2D eigenvalue weighted by atomic mass is 9.42. The van der Waals surface area contributed by atoms with Gasteiger partial charge in [0, 0.05) is 17.8 Å². The van der Waals surface area contributed by atoms with Gasteiger partial charge >= 0.3 is 0 Å². The molecule has 1 heterocycles. The van der Waals surface area contributed by atoms with Crippen LogP contribution in [0.2, 0.25) is 0 Å². The van der Waals surface area contributed by atoms with Gasteiger partial charge in [-0.2, -0.15) is 0 Å². The molecular formula is C20H32O5. The number of carbonyl (C=O) groups excluding carboxylic acids is 1. The van der Waals surface area contributed by atoms with Crippen LogP contribution in [0, 0.1) is 22.7 Å². The van der Waals surface area contributed by atoms with Crippen molar-refractivity contribution < 1.29 is 24.9 Å². The quantitative estimate of drug-likeness (QED) is 0.627. The molecule has 0 aromatic rings. The first-order valence-electron chi connectivity index (χ1n) is 9.24. The fourth-order valence-corrected chi connectivity index (χ4v) is 6.42. The third kappa shape index (κ3) is 2.32. The Hall–Kier alpha value is -0.750. The Labute approximate surface area is 150 Å². The average Bonchev–Trinajstić information content (AvgIpc) is 2.48. The Bertz CT molecular complexity index is 601. The number of aliphatic hydroxyl groups excluding tert-OH is 3. The van der Waals surface area contributed by atoms with E-state index in [4.69, 9.17) is 4.74 Å². The standard InChI is InChI=1S/C20H32O5/c1-7-18(4)10-11(21)14-19(5)12(22)8-9-17(2,3)15(19)13(23)16(24)20(14,6)25-18/h7,12-16,22-24H,1,8-10H2,2-6H3/t12-,13-,14+,15-,16+,18-,19+,20-/m0/s1. The summed E-state index contributed by atoms with van der Waals surface area (Å²) < 4.78 is 6.24. The zero-order valence-corrected chi connectivity index (χ0v) is 16.0. The van der Waals surface area contributed by atoms with Crippen molar-refractivity contribution in [2.24, 2.45) is 22.7 Å². The van der Waals surface area contributed by atoms with Crippen LogP contribution < -0.4 is 0 Å². The van der Waals surface area contributed by atoms with E-state index in [9.17, 15) is 20.1 Å². The van der Waals surface area contributed by atoms with E-state index >= 15 is 0 Å². The minimum Gasteiger partial charge on any atom is -0.393 e. The van der Waals surface area contributed by atoms with Crippen molar-refractivity contribution in [1.29, 1.82) is 0 Å². The number of ether oxygens (including phenoxy) is 1. The minimum absolute atomic E-state index is 0.0358. The molecule has 1 saturated heterocycles. The summed E-state index contributed by atoms with van der Waals surface area (Å²) in [6.07, 6.45) is 0.0519. The summed E-state index contributed by atoms with van der Waals surface area (Å²) in [5.74, 6) is -1.10. The minimum atomic E-state index is -1.27. The Morgan fingerprint density at radius 3 is 2.32 bits per heavy atom. The van der Waals surface area contributed by atoms with Crippen molar-refractivity contribution in [2.75, 3.05) is 0 Å². The molecule has 2 aliphatic carbocycles. The molecule has 8 atom stereocenters. The molecule has 0 amide bonds. The van der Waals surface area contributed by atoms with E-state index in [0.717, 1.165) is 6.42 Å². The molecule has 2 saturated carbocycles. The van der Waals surface area contributed by atoms with Crippen molar-refractivity contribution in [1.82, 2.24) is 0 Å². The smallest absolute Gasteiger partial charge is 0.142 e. The summed E-state index contributed by atoms with van der Waals surface area (Å²) in [6.45, 7) is 13.2. The Morgan fingerprint density at radius 1 is 1.16 bits per heavy atom. The highest BCUT2D eigenvalue weighted by Gasteiger charge is 2.72. The second kappa shape index (κ2) is 5.38. The molecule has 5 heteroatoms. The second-order valence-electron chi connectivity index (χ2n) is 9.70. The van der Waals surface area contributed by atoms with Gasteiger partial charge in [-0.1, -0.05) is 26.8 Å². The van der Waals surface area contributed by atoms with Gasteiger partial charge in [-0.3, -0.25) is 4.79 Å². The average molecular weight is 352 g/mol. The molecule has 3 N–H and O–H groups in total. The van der Waals surface area contributed by atoms with Crippen LogP contribution >= 0.6 is 0 Å². The van der Waals surface area contributed by atoms with E-state index in [-0.39, 0.29) is 17.6 Å². The van der Waals surface area contributed by atoms with E-state index in [1.807, 2.05) is 20.8 Å². The van der Waals surface area contributed by atoms with Gasteiger partial charge in [0.05, 0.1) is 23.7 Å². The predicted octanol–water partition coefficient (Wildman–Crippen LogP) is 1.83. The molecule has 0 bridgehead atoms. The molecule has 25 heavy (non-hydrogen) atoms. The first-order valence-corrected chi connectivity index (χ1v) is 9.24. The molecule has 0 aromatic carbocycles. The summed E-state index contributed by atoms with van der Waals surface area (Å²) in [4.78, 5) is 13.2. The number of hydrogen-bond donors (Lipinski definition) is 3. The van der Waals surface area contributed by atoms with Crippen LogP contribution in [0.4, 0.5) is 0 Å². The molecule has 3 fully saturated rings. The number of aliphatic hydroxyl groups is 3. The van der Waals surface area contributed by atoms with E-state index in [0.29, 0.717) is 6.42 Å². The van der Waals surface area contributed by atoms with Gasteiger partial charge in [-0.05, 0) is 32.1 Å². The molecule has 5 nitrogen and oxygen atoms in total. The van der Waals surface area contributed by atoms with Crippen LogP contribution in [0.25, 0.3) is 0 Å². The molecule has 0 aromatic heterocycles. The second-order valence-corrected chi connectivity index (χ2v) is 9.70. The van der Waals surface area contributed by atoms with Gasteiger partial charge < -0.3 is 20.1 Å². The molecule has 0 unspecified atom stereocenters. The SMILES string of the molecule is C=C[C@@]1(C)CC(=O)[C@H]2[C@](C)(O1)[C@H](O)[C@@H](O)[C@H]1C(C)(C)CC[C@H](O)[C@@]12C. The molecule has 142 valence electrons. The number of rotatable bonds is 1. The monoisotopic (exact) mass is 352 g/mol. The van der Waals surface area contributed by atoms with Crippen LogP contribution in [0.3, 0.4) is 0 Å². The van der Waals surface area contributed by atoms with Gasteiger partial charge in [0.25, 0.3) is 0 Å². The third-order valence-corrected chi connectivity index (χ3v) is 7.47. The molecule has 1 aliphatic heterocycles. The van der Waals surface area contributed by atoms with E-state index in [2.05, 4.69) is 6.58 Å². The summed E-state index contributed by atoms with van der Waals surface area (Å²) in [6, 6.07) is 0. The number of hydrogen-bond acceptors (Lipinski definition) is 5. The summed E-state index contributed by atoms with van der Waals surface area (Å²) in [7, 11) is 0. The van der Waals surface area contributed by atoms with E-state index in [1.165, 1.54) is 0 Å². The van der Waals surface area contributed by atoms with Crippen LogP contribution in [0.5, 0.6) is 0 Å². The first-order chi connectivity index (χ1) is 11.3. The number of Topliss-reactive ketones (excluding diaryl/α,β-unsaturated/α-hetero) is 1. The van der Waals surface area contributed by atoms with Crippen LogP contribution in [0.15, 0.2) is 12.7 Å². The van der Waals surface area contributed by atoms with Crippen molar-refractivity contribution in [3.05, 3.63) is 12.7 Å². The van der Waals surface area contributed by atoms with Crippen molar-refractivity contribution >= 4 is 5.78 Å². The topological polar surface area (TPSA) is 87.0 Å². The van der Waals surface area contributed by atoms with Gasteiger partial charge in [0.2, 0.25) is 0 Å². The highest BCUT2D eigenvalue weighted by atomic mass is 16.5. The zero-order chi connectivity index (χ0) is 19.0. The Kier molecular flexibility index (Phi) is 4.09. The number of fused-ring (bicyclic) bond motifs is 3. The van der Waals surface area contributed by atoms with E-state index in [1.54, 1.807) is 19.9 Å². The number of ketones is 1. The van der Waals surface area contributed by atoms with Crippen molar-refractivity contribution in [3.63, 3.8) is 0 Å². The van der Waals surface area contributed by atoms with Crippen molar-refractivity contribution in [3.8, 4) is 0 Å². The Balaban J connectivity index is 2.20. The number of carbonyl (C=O) groups is 1. The molecular weight excluding hydrogens is 320 g/mol. The van der Waals surface area contributed by atoms with Gasteiger partial charge in [0.1, 0.15) is 17.5 Å². The lowest BCUT2D eigenvalue weighted by Gasteiger charge is -2.67. The fraction of sp³-hybridized carbons (Fsp3) is 0.850. The van der Waals surface area contributed by atoms with E-state index < -0.39 is 46.8 Å². The van der Waals surface area contributed by atoms with Gasteiger partial charge in [-0.25, -0.2) is 0 Å². The lowest BCUT2D eigenvalue weighted by molar-refractivity contribution is -0.319. The maximum absolute atomic E-state index is 13.2. The Morgan fingerprint density at radius 2 is 1.76 bits per heavy atom. The predicted molar refractivity (Wildman–Crippen MR) is 93.8 cm³/mol. The molecule has 0 spiro atoms. The van der Waals surface area contributed by atoms with Crippen LogP contribution in [0.1, 0.15) is 53.9 Å². The summed E-state index contributed by atoms with van der Waals surface area (Å²) >= 11 is 0. The van der Waals surface area contributed by atoms with Crippen molar-refractivity contribution in [2.45, 2.75) is 83.4 Å². The van der Waals surface area contributed by atoms with Gasteiger partial charge in [-0.15, -0.1) is 6.58 Å². The highest BCUT2D eigenvalue weighted by Crippen LogP contribution is 2.64. The summed E-state index contributed by atoms with van der Waals surface area (Å²) in [5, 5.41) is 33.0. The molecule has 0 radical (unpaired) electrons. The highest BCUT2D eigenvalue weighted by molar-refractivity contribution is 5.86. The van der Waals surface area contributed by atoms with Gasteiger partial charge in [0.15, 0.2) is 0 Å². The molecule has 3 rings (SSSR count). The fourth-order valence-electron chi connectivity index (χ4n) is 6.42. The van der Waals surface area contributed by atoms with Crippen LogP contribution in [-0.2, 0) is 9.53 Å². The third-order valence-electron chi connectivity index (χ3n) is 7.47. The first kappa shape index (κ1) is 19.0. The molecule has 3 aliphatic rings. The summed E-state index contributed by atoms with van der Waals surface area (Å²) in [5.41, 5.74) is -3.30.